The summed E-state index contributed by atoms with van der Waals surface area (Å²) >= 11 is 7.61. The third kappa shape index (κ3) is 4.27. The lowest BCUT2D eigenvalue weighted by Gasteiger charge is -2.29. The van der Waals surface area contributed by atoms with Crippen LogP contribution >= 0.6 is 23.4 Å². The zero-order valence-electron chi connectivity index (χ0n) is 17.5. The lowest BCUT2D eigenvalue weighted by Crippen LogP contribution is -2.35. The minimum atomic E-state index is -0.0517. The maximum absolute atomic E-state index is 13.1. The molecule has 3 aromatic rings. The van der Waals surface area contributed by atoms with Gasteiger partial charge in [0.2, 0.25) is 5.91 Å². The van der Waals surface area contributed by atoms with E-state index in [0.29, 0.717) is 29.4 Å². The van der Waals surface area contributed by atoms with Crippen molar-refractivity contribution in [2.24, 2.45) is 0 Å². The third-order valence-corrected chi connectivity index (χ3v) is 7.60. The Labute approximate surface area is 197 Å². The molecule has 32 heavy (non-hydrogen) atoms. The summed E-state index contributed by atoms with van der Waals surface area (Å²) in [6.07, 6.45) is 0.889. The van der Waals surface area contributed by atoms with Gasteiger partial charge >= 0.3 is 0 Å². The number of hydrogen-bond acceptors (Lipinski definition) is 3. The molecular weight excluding hydrogens is 440 g/mol. The molecule has 0 aromatic heterocycles. The monoisotopic (exact) mass is 462 g/mol. The van der Waals surface area contributed by atoms with Gasteiger partial charge in [0.15, 0.2) is 0 Å². The van der Waals surface area contributed by atoms with Gasteiger partial charge in [-0.3, -0.25) is 9.59 Å². The van der Waals surface area contributed by atoms with E-state index in [-0.39, 0.29) is 17.2 Å². The SMILES string of the molecule is O=C(c1ccc([C@@H]2SCC(=O)N2Cc2ccc(Cl)cc2)cc1)N1CCc2ccccc2C1. The Morgan fingerprint density at radius 1 is 0.969 bits per heavy atom. The highest BCUT2D eigenvalue weighted by Gasteiger charge is 2.33. The van der Waals surface area contributed by atoms with Crippen LogP contribution < -0.4 is 0 Å². The maximum atomic E-state index is 13.1. The molecule has 0 N–H and O–H groups in total. The normalized spacial score (nSPS) is 18.0. The summed E-state index contributed by atoms with van der Waals surface area (Å²) in [5.74, 6) is 0.646. The fourth-order valence-electron chi connectivity index (χ4n) is 4.33. The van der Waals surface area contributed by atoms with Gasteiger partial charge in [-0.25, -0.2) is 0 Å². The van der Waals surface area contributed by atoms with E-state index in [1.165, 1.54) is 11.1 Å². The van der Waals surface area contributed by atoms with E-state index in [2.05, 4.69) is 18.2 Å². The van der Waals surface area contributed by atoms with Crippen LogP contribution in [-0.2, 0) is 24.3 Å². The number of benzene rings is 3. The first kappa shape index (κ1) is 21.1. The van der Waals surface area contributed by atoms with Gasteiger partial charge in [0, 0.05) is 30.2 Å². The number of thioether (sulfide) groups is 1. The van der Waals surface area contributed by atoms with E-state index >= 15 is 0 Å². The Morgan fingerprint density at radius 3 is 2.44 bits per heavy atom. The molecule has 0 bridgehead atoms. The van der Waals surface area contributed by atoms with Crippen LogP contribution in [0.1, 0.15) is 38.0 Å². The number of carbonyl (C=O) groups excluding carboxylic acids is 2. The van der Waals surface area contributed by atoms with Crippen molar-refractivity contribution >= 4 is 35.2 Å². The average Bonchev–Trinajstić information content (AvgIpc) is 3.19. The number of hydrogen-bond donors (Lipinski definition) is 0. The molecule has 6 heteroatoms. The van der Waals surface area contributed by atoms with Crippen LogP contribution in [0.4, 0.5) is 0 Å². The summed E-state index contributed by atoms with van der Waals surface area (Å²) in [5.41, 5.74) is 5.33. The topological polar surface area (TPSA) is 40.6 Å². The van der Waals surface area contributed by atoms with E-state index in [4.69, 9.17) is 11.6 Å². The van der Waals surface area contributed by atoms with Crippen molar-refractivity contribution in [3.05, 3.63) is 106 Å². The Morgan fingerprint density at radius 2 is 1.69 bits per heavy atom. The van der Waals surface area contributed by atoms with Crippen molar-refractivity contribution in [3.63, 3.8) is 0 Å². The van der Waals surface area contributed by atoms with Crippen molar-refractivity contribution in [3.8, 4) is 0 Å². The molecule has 0 saturated carbocycles. The fraction of sp³-hybridized carbons (Fsp3) is 0.231. The number of amides is 2. The lowest BCUT2D eigenvalue weighted by molar-refractivity contribution is -0.128. The molecule has 4 nitrogen and oxygen atoms in total. The molecule has 0 aliphatic carbocycles. The Bertz CT molecular complexity index is 1150. The summed E-state index contributed by atoms with van der Waals surface area (Å²) in [5, 5.41) is 0.633. The summed E-state index contributed by atoms with van der Waals surface area (Å²) in [7, 11) is 0. The minimum absolute atomic E-state index is 0.0517. The number of nitrogens with zero attached hydrogens (tertiary/aromatic N) is 2. The molecule has 1 atom stereocenters. The van der Waals surface area contributed by atoms with Gasteiger partial charge in [0.05, 0.1) is 5.75 Å². The summed E-state index contributed by atoms with van der Waals surface area (Å²) in [4.78, 5) is 29.4. The second-order valence-electron chi connectivity index (χ2n) is 8.18. The van der Waals surface area contributed by atoms with Crippen molar-refractivity contribution in [2.75, 3.05) is 12.3 Å². The summed E-state index contributed by atoms with van der Waals surface area (Å²) in [6.45, 7) is 1.93. The van der Waals surface area contributed by atoms with Crippen molar-refractivity contribution in [2.45, 2.75) is 24.9 Å². The first-order chi connectivity index (χ1) is 15.6. The number of fused-ring (bicyclic) bond motifs is 1. The van der Waals surface area contributed by atoms with Crippen molar-refractivity contribution in [1.82, 2.24) is 9.80 Å². The molecule has 0 unspecified atom stereocenters. The molecule has 5 rings (SSSR count). The third-order valence-electron chi connectivity index (χ3n) is 6.09. The predicted molar refractivity (Wildman–Crippen MR) is 129 cm³/mol. The highest BCUT2D eigenvalue weighted by molar-refractivity contribution is 8.00. The fourth-order valence-corrected chi connectivity index (χ4v) is 5.64. The average molecular weight is 463 g/mol. The number of carbonyl (C=O) groups is 2. The van der Waals surface area contributed by atoms with Crippen LogP contribution in [0.25, 0.3) is 0 Å². The van der Waals surface area contributed by atoms with Crippen molar-refractivity contribution < 1.29 is 9.59 Å². The van der Waals surface area contributed by atoms with Gasteiger partial charge in [0.25, 0.3) is 5.91 Å². The molecule has 1 fully saturated rings. The maximum Gasteiger partial charge on any atom is 0.254 e. The van der Waals surface area contributed by atoms with Crippen LogP contribution in [0.3, 0.4) is 0 Å². The molecular formula is C26H23ClN2O2S. The lowest BCUT2D eigenvalue weighted by atomic mass is 9.99. The van der Waals surface area contributed by atoms with Gasteiger partial charge in [-0.2, -0.15) is 0 Å². The van der Waals surface area contributed by atoms with Crippen LogP contribution in [0.15, 0.2) is 72.8 Å². The highest BCUT2D eigenvalue weighted by Crippen LogP contribution is 2.39. The van der Waals surface area contributed by atoms with Gasteiger partial charge in [-0.15, -0.1) is 11.8 Å². The summed E-state index contributed by atoms with van der Waals surface area (Å²) in [6, 6.07) is 23.7. The molecule has 0 radical (unpaired) electrons. The quantitative estimate of drug-likeness (QED) is 0.527. The van der Waals surface area contributed by atoms with Crippen LogP contribution in [0.5, 0.6) is 0 Å². The van der Waals surface area contributed by atoms with Crippen LogP contribution in [-0.4, -0.2) is 33.9 Å². The molecule has 2 aliphatic rings. The predicted octanol–water partition coefficient (Wildman–Crippen LogP) is 5.31. The standard InChI is InChI=1S/C26H23ClN2O2S/c27-23-11-5-18(6-12-23)15-29-24(30)17-32-26(29)21-9-7-20(8-10-21)25(31)28-14-13-19-3-1-2-4-22(19)16-28/h1-12,26H,13-17H2/t26-/m0/s1. The first-order valence-corrected chi connectivity index (χ1v) is 12.1. The molecule has 2 aliphatic heterocycles. The second kappa shape index (κ2) is 9.00. The van der Waals surface area contributed by atoms with Crippen LogP contribution in [0, 0.1) is 0 Å². The van der Waals surface area contributed by atoms with Gasteiger partial charge in [-0.1, -0.05) is 60.1 Å². The second-order valence-corrected chi connectivity index (χ2v) is 9.68. The molecule has 162 valence electrons. The minimum Gasteiger partial charge on any atom is -0.334 e. The van der Waals surface area contributed by atoms with Gasteiger partial charge in [-0.05, 0) is 52.9 Å². The Hall–Kier alpha value is -2.76. The summed E-state index contributed by atoms with van der Waals surface area (Å²) < 4.78 is 0. The van der Waals surface area contributed by atoms with Crippen molar-refractivity contribution in [1.29, 1.82) is 0 Å². The Balaban J connectivity index is 1.30. The molecule has 2 amide bonds. The first-order valence-electron chi connectivity index (χ1n) is 10.7. The Kier molecular flexibility index (Phi) is 5.94. The zero-order valence-corrected chi connectivity index (χ0v) is 19.1. The number of halogens is 1. The van der Waals surface area contributed by atoms with Crippen LogP contribution in [0.2, 0.25) is 5.02 Å². The van der Waals surface area contributed by atoms with E-state index in [0.717, 1.165) is 24.1 Å². The smallest absolute Gasteiger partial charge is 0.254 e. The molecule has 0 spiro atoms. The van der Waals surface area contributed by atoms with E-state index < -0.39 is 0 Å². The number of rotatable bonds is 4. The van der Waals surface area contributed by atoms with E-state index in [1.807, 2.05) is 64.4 Å². The highest BCUT2D eigenvalue weighted by atomic mass is 35.5. The zero-order chi connectivity index (χ0) is 22.1. The molecule has 2 heterocycles. The van der Waals surface area contributed by atoms with E-state index in [9.17, 15) is 9.59 Å². The molecule has 3 aromatic carbocycles. The van der Waals surface area contributed by atoms with E-state index in [1.54, 1.807) is 11.8 Å². The largest absolute Gasteiger partial charge is 0.334 e. The molecule has 1 saturated heterocycles. The van der Waals surface area contributed by atoms with Gasteiger partial charge < -0.3 is 9.80 Å². The van der Waals surface area contributed by atoms with Gasteiger partial charge in [0.1, 0.15) is 5.37 Å².